The first-order valence-corrected chi connectivity index (χ1v) is 28.2. The molecule has 0 aromatic heterocycles. The lowest BCUT2D eigenvalue weighted by Gasteiger charge is -2.47. The molecule has 0 fully saturated rings. The molecular formula is C56H64F4N3O12P2+. The molecule has 3 aromatic rings. The quantitative estimate of drug-likeness (QED) is 0.0125. The lowest BCUT2D eigenvalue weighted by atomic mass is 9.78. The number of benzene rings is 3. The zero-order valence-corrected chi connectivity index (χ0v) is 46.0. The summed E-state index contributed by atoms with van der Waals surface area (Å²) in [5.41, 5.74) is 0.345. The predicted octanol–water partition coefficient (Wildman–Crippen LogP) is 10.2. The van der Waals surface area contributed by atoms with Crippen molar-refractivity contribution in [2.45, 2.75) is 77.3 Å². The Kier molecular flexibility index (Phi) is 17.1. The molecule has 0 saturated carbocycles. The molecule has 3 aromatic carbocycles. The van der Waals surface area contributed by atoms with Crippen molar-refractivity contribution in [3.63, 3.8) is 0 Å². The molecule has 5 aliphatic heterocycles. The van der Waals surface area contributed by atoms with Gasteiger partial charge in [0, 0.05) is 79.9 Å². The summed E-state index contributed by atoms with van der Waals surface area (Å²) in [5.74, 6) is -9.57. The zero-order valence-electron chi connectivity index (χ0n) is 44.2. The second kappa shape index (κ2) is 22.9. The highest BCUT2D eigenvalue weighted by atomic mass is 31.2. The van der Waals surface area contributed by atoms with Crippen LogP contribution in [0.5, 0.6) is 11.5 Å². The molecule has 0 radical (unpaired) electrons. The fourth-order valence-electron chi connectivity index (χ4n) is 10.7. The van der Waals surface area contributed by atoms with Crippen LogP contribution in [0.4, 0.5) is 23.2 Å². The van der Waals surface area contributed by atoms with E-state index in [1.807, 2.05) is 39.8 Å². The number of ether oxygens (including phenoxy) is 2. The molecule has 15 nitrogen and oxygen atoms in total. The van der Waals surface area contributed by atoms with Gasteiger partial charge in [-0.2, -0.15) is 0 Å². The number of phosphoric ester groups is 2. The standard InChI is InChI=1S/C56H64F4N3O12P2/c1-11-24-69-76(66,70-25-12-2)73-32-34-30-55(5,6)62-22-15-18-36-50(62)38(34)28-40-43(44-45(47(58)49(60)48(59)46(44)57)54(65)61(9)21-17-20-42(64)68-10)41-29-39-35(33-74-77(67,71-26-13-3)72-27-14-4)31-56(7,8)63-23-16-19-37(51(39)63)53(41)75-52(36)40/h11-14,28-31H,1-4,15-27,32-33H2,5-10H3/q+1. The molecule has 77 heavy (non-hydrogen) atoms. The first-order chi connectivity index (χ1) is 36.6. The van der Waals surface area contributed by atoms with Crippen molar-refractivity contribution < 1.29 is 72.9 Å². The number of halogens is 4. The molecule has 21 heteroatoms. The van der Waals surface area contributed by atoms with Gasteiger partial charge in [0.25, 0.3) is 5.91 Å². The predicted molar refractivity (Wildman–Crippen MR) is 284 cm³/mol. The number of amides is 1. The Balaban J connectivity index is 1.47. The number of phosphoric acid groups is 2. The molecule has 0 spiro atoms. The van der Waals surface area contributed by atoms with Gasteiger partial charge < -0.3 is 19.3 Å². The summed E-state index contributed by atoms with van der Waals surface area (Å²) in [6, 6.07) is 3.29. The number of esters is 1. The molecule has 8 rings (SSSR count). The van der Waals surface area contributed by atoms with Crippen LogP contribution in [-0.4, -0.2) is 101 Å². The summed E-state index contributed by atoms with van der Waals surface area (Å²) in [6.07, 6.45) is 11.3. The summed E-state index contributed by atoms with van der Waals surface area (Å²) in [6.45, 7) is 22.1. The van der Waals surface area contributed by atoms with Gasteiger partial charge >= 0.3 is 21.6 Å². The number of hydrogen-bond donors (Lipinski definition) is 0. The van der Waals surface area contributed by atoms with E-state index in [4.69, 9.17) is 36.6 Å². The van der Waals surface area contributed by atoms with Gasteiger partial charge in [0.1, 0.15) is 18.0 Å². The van der Waals surface area contributed by atoms with E-state index in [9.17, 15) is 18.7 Å². The van der Waals surface area contributed by atoms with Crippen molar-refractivity contribution in [1.29, 1.82) is 0 Å². The summed E-state index contributed by atoms with van der Waals surface area (Å²) >= 11 is 0. The van der Waals surface area contributed by atoms with Crippen molar-refractivity contribution >= 4 is 49.9 Å². The smallest absolute Gasteiger partial charge is 0.469 e. The highest BCUT2D eigenvalue weighted by Crippen LogP contribution is 2.56. The normalized spacial score (nSPS) is 16.7. The molecule has 5 aliphatic rings. The summed E-state index contributed by atoms with van der Waals surface area (Å²) in [4.78, 5) is 30.1. The minimum absolute atomic E-state index is 0.0293. The number of rotatable bonds is 24. The van der Waals surface area contributed by atoms with E-state index in [-0.39, 0.29) is 86.9 Å². The number of carbonyl (C=O) groups excluding carboxylic acids is 2. The molecular weight excluding hydrogens is 1040 g/mol. The number of hydrogen-bond acceptors (Lipinski definition) is 13. The van der Waals surface area contributed by atoms with Crippen molar-refractivity contribution in [1.82, 2.24) is 9.48 Å². The minimum atomic E-state index is -4.27. The third-order valence-electron chi connectivity index (χ3n) is 14.1. The van der Waals surface area contributed by atoms with Crippen LogP contribution < -0.4 is 24.8 Å². The molecule has 412 valence electrons. The van der Waals surface area contributed by atoms with Crippen LogP contribution in [0.15, 0.2) is 74.9 Å². The topological polar surface area (TPSA) is 152 Å². The van der Waals surface area contributed by atoms with Gasteiger partial charge in [-0.3, -0.25) is 36.7 Å². The maximum absolute atomic E-state index is 17.7. The third-order valence-corrected chi connectivity index (χ3v) is 16.8. The first-order valence-electron chi connectivity index (χ1n) is 25.2. The van der Waals surface area contributed by atoms with Crippen LogP contribution in [0.2, 0.25) is 0 Å². The Labute approximate surface area is 445 Å². The molecule has 0 N–H and O–H groups in total. The Hall–Kier alpha value is -5.75. The monoisotopic (exact) mass is 1110 g/mol. The van der Waals surface area contributed by atoms with E-state index >= 15 is 17.6 Å². The number of methoxy groups -OCH3 is 1. The average Bonchev–Trinajstić information content (AvgIpc) is 3.53. The summed E-state index contributed by atoms with van der Waals surface area (Å²) in [7, 11) is -6.08. The maximum atomic E-state index is 17.7. The van der Waals surface area contributed by atoms with Gasteiger partial charge in [0.2, 0.25) is 5.36 Å². The van der Waals surface area contributed by atoms with Crippen molar-refractivity contribution in [2.75, 3.05) is 78.3 Å². The Morgan fingerprint density at radius 1 is 0.753 bits per heavy atom. The van der Waals surface area contributed by atoms with Gasteiger partial charge in [-0.1, -0.05) is 30.4 Å². The molecule has 5 heterocycles. The van der Waals surface area contributed by atoms with Gasteiger partial charge in [0.05, 0.1) is 74.7 Å². The number of anilines is 1. The van der Waals surface area contributed by atoms with Crippen molar-refractivity contribution in [3.8, 4) is 11.5 Å². The fraction of sp³-hybridized carbons (Fsp3) is 0.411. The minimum Gasteiger partial charge on any atom is -0.469 e. The largest absolute Gasteiger partial charge is 0.475 e. The highest BCUT2D eigenvalue weighted by Gasteiger charge is 2.45. The van der Waals surface area contributed by atoms with Crippen LogP contribution in [-0.2, 0) is 58.6 Å². The van der Waals surface area contributed by atoms with E-state index in [2.05, 4.69) is 35.8 Å². The summed E-state index contributed by atoms with van der Waals surface area (Å²) < 4.78 is 143. The molecule has 0 atom stereocenters. The van der Waals surface area contributed by atoms with Crippen LogP contribution in [0.3, 0.4) is 0 Å². The highest BCUT2D eigenvalue weighted by molar-refractivity contribution is 7.48. The van der Waals surface area contributed by atoms with Gasteiger partial charge in [0.15, 0.2) is 28.8 Å². The zero-order chi connectivity index (χ0) is 55.8. The fourth-order valence-corrected chi connectivity index (χ4v) is 12.9. The van der Waals surface area contributed by atoms with Crippen LogP contribution in [0, 0.1) is 23.3 Å². The lowest BCUT2D eigenvalue weighted by Crippen LogP contribution is -2.53. The Morgan fingerprint density at radius 2 is 1.32 bits per heavy atom. The van der Waals surface area contributed by atoms with Gasteiger partial charge in [-0.05, 0) is 68.9 Å². The number of fused-ring (bicyclic) bond motifs is 4. The number of carbonyl (C=O) groups is 2. The van der Waals surface area contributed by atoms with Crippen LogP contribution in [0.1, 0.15) is 97.1 Å². The van der Waals surface area contributed by atoms with Gasteiger partial charge in [-0.15, -0.1) is 26.3 Å². The Bertz CT molecular complexity index is 3250. The second-order valence-electron chi connectivity index (χ2n) is 20.1. The van der Waals surface area contributed by atoms with E-state index in [0.29, 0.717) is 83.2 Å². The molecule has 0 saturated heterocycles. The van der Waals surface area contributed by atoms with E-state index < -0.39 is 73.0 Å². The van der Waals surface area contributed by atoms with Gasteiger partial charge in [-0.25, -0.2) is 31.3 Å². The molecule has 0 bridgehead atoms. The third kappa shape index (κ3) is 11.0. The first kappa shape index (κ1) is 57.4. The SMILES string of the molecule is C=CCOP(=O)(OCC=C)OCC1=CC(C)(C)N2CCCc3c4c(cc1c32)C(c1c(F)c(F)c(F)c(F)c1C(=O)N(C)CCCC(=O)OC)=c1cc2c3c(c1O4)CCC[N+]=3C(C)(C)C=C2COP(=O)(OCC=C)OCC=C. The lowest BCUT2D eigenvalue weighted by molar-refractivity contribution is -0.140. The van der Waals surface area contributed by atoms with Crippen LogP contribution in [0.25, 0.3) is 16.7 Å². The second-order valence-corrected chi connectivity index (χ2v) is 23.4. The van der Waals surface area contributed by atoms with E-state index in [1.165, 1.54) is 38.5 Å². The molecule has 1 amide bonds. The van der Waals surface area contributed by atoms with Crippen molar-refractivity contribution in [2.24, 2.45) is 0 Å². The van der Waals surface area contributed by atoms with Crippen molar-refractivity contribution in [3.05, 3.63) is 148 Å². The molecule has 0 aliphatic carbocycles. The molecule has 0 unspecified atom stereocenters. The Morgan fingerprint density at radius 3 is 1.91 bits per heavy atom. The maximum Gasteiger partial charge on any atom is 0.475 e. The van der Waals surface area contributed by atoms with E-state index in [1.54, 1.807) is 12.1 Å². The van der Waals surface area contributed by atoms with Crippen LogP contribution >= 0.6 is 15.6 Å². The van der Waals surface area contributed by atoms with E-state index in [0.717, 1.165) is 4.90 Å². The number of nitrogens with zero attached hydrogens (tertiary/aromatic N) is 3. The summed E-state index contributed by atoms with van der Waals surface area (Å²) in [5, 5.41) is 0.784. The average molecular weight is 1110 g/mol.